The Morgan fingerprint density at radius 1 is 1.00 bits per heavy atom. The third kappa shape index (κ3) is 5.08. The van der Waals surface area contributed by atoms with Crippen molar-refractivity contribution in [3.63, 3.8) is 0 Å². The van der Waals surface area contributed by atoms with Gasteiger partial charge in [-0.1, -0.05) is 24.3 Å². The highest BCUT2D eigenvalue weighted by Crippen LogP contribution is 2.19. The molecule has 3 aromatic rings. The van der Waals surface area contributed by atoms with E-state index < -0.39 is 10.0 Å². The normalized spacial score (nSPS) is 15.2. The van der Waals surface area contributed by atoms with Crippen molar-refractivity contribution in [3.05, 3.63) is 60.3 Å². The lowest BCUT2D eigenvalue weighted by Crippen LogP contribution is -2.50. The molecule has 2 amide bonds. The first kappa shape index (κ1) is 23.0. The number of anilines is 1. The number of aromatic nitrogens is 1. The van der Waals surface area contributed by atoms with Crippen molar-refractivity contribution in [1.82, 2.24) is 19.1 Å². The number of hydrogen-bond donors (Lipinski definition) is 2. The lowest BCUT2D eigenvalue weighted by Gasteiger charge is -2.34. The summed E-state index contributed by atoms with van der Waals surface area (Å²) in [6.45, 7) is 2.37. The van der Waals surface area contributed by atoms with Crippen molar-refractivity contribution in [3.8, 4) is 0 Å². The molecule has 9 nitrogen and oxygen atoms in total. The van der Waals surface area contributed by atoms with Crippen LogP contribution in [0.25, 0.3) is 10.9 Å². The molecule has 0 radical (unpaired) electrons. The monoisotopic (exact) mass is 469 g/mol. The summed E-state index contributed by atoms with van der Waals surface area (Å²) < 4.78 is 25.7. The van der Waals surface area contributed by atoms with E-state index in [0.717, 1.165) is 15.2 Å². The first-order valence-corrected chi connectivity index (χ1v) is 12.1. The Labute approximate surface area is 193 Å². The van der Waals surface area contributed by atoms with Crippen LogP contribution in [-0.2, 0) is 14.8 Å². The molecule has 2 N–H and O–H groups in total. The first-order valence-electron chi connectivity index (χ1n) is 10.7. The highest BCUT2D eigenvalue weighted by molar-refractivity contribution is 7.89. The Morgan fingerprint density at radius 2 is 1.73 bits per heavy atom. The van der Waals surface area contributed by atoms with Gasteiger partial charge in [0.2, 0.25) is 15.9 Å². The molecule has 0 unspecified atom stereocenters. The number of amides is 2. The molecule has 2 heterocycles. The van der Waals surface area contributed by atoms with Crippen molar-refractivity contribution >= 4 is 38.4 Å². The van der Waals surface area contributed by atoms with E-state index in [2.05, 4.69) is 10.3 Å². The molecule has 0 atom stereocenters. The third-order valence-corrected chi connectivity index (χ3v) is 7.49. The summed E-state index contributed by atoms with van der Waals surface area (Å²) in [6, 6.07) is 15.8. The smallest absolute Gasteiger partial charge is 0.270 e. The van der Waals surface area contributed by atoms with E-state index in [1.165, 1.54) is 26.2 Å². The zero-order valence-electron chi connectivity index (χ0n) is 18.6. The maximum atomic E-state index is 12.8. The topological polar surface area (TPSA) is 106 Å². The predicted molar refractivity (Wildman–Crippen MR) is 127 cm³/mol. The number of nitrogens with zero attached hydrogens (tertiary/aromatic N) is 3. The summed E-state index contributed by atoms with van der Waals surface area (Å²) in [7, 11) is -0.654. The maximum Gasteiger partial charge on any atom is 0.270 e. The van der Waals surface area contributed by atoms with Gasteiger partial charge in [-0.15, -0.1) is 0 Å². The van der Waals surface area contributed by atoms with Crippen LogP contribution in [0.1, 0.15) is 10.5 Å². The van der Waals surface area contributed by atoms with Gasteiger partial charge in [-0.2, -0.15) is 0 Å². The third-order valence-electron chi connectivity index (χ3n) is 5.68. The first-order chi connectivity index (χ1) is 15.7. The van der Waals surface area contributed by atoms with Gasteiger partial charge in [0.25, 0.3) is 5.91 Å². The molecule has 174 valence electrons. The Morgan fingerprint density at radius 3 is 2.42 bits per heavy atom. The van der Waals surface area contributed by atoms with E-state index in [4.69, 9.17) is 0 Å². The fourth-order valence-electron chi connectivity index (χ4n) is 3.82. The average Bonchev–Trinajstić information content (AvgIpc) is 3.23. The van der Waals surface area contributed by atoms with Crippen LogP contribution in [0.4, 0.5) is 5.69 Å². The number of piperazine rings is 1. The molecule has 0 aliphatic carbocycles. The number of H-pyrrole nitrogens is 1. The number of fused-ring (bicyclic) bond motifs is 1. The summed E-state index contributed by atoms with van der Waals surface area (Å²) in [5.41, 5.74) is 1.92. The Bertz CT molecular complexity index is 1240. The van der Waals surface area contributed by atoms with Crippen molar-refractivity contribution in [2.75, 3.05) is 52.1 Å². The van der Waals surface area contributed by atoms with Crippen molar-refractivity contribution in [1.29, 1.82) is 0 Å². The van der Waals surface area contributed by atoms with Crippen LogP contribution < -0.4 is 5.32 Å². The second kappa shape index (κ2) is 9.34. The molecule has 1 aliphatic heterocycles. The number of carbonyl (C=O) groups is 2. The van der Waals surface area contributed by atoms with Crippen LogP contribution in [0, 0.1) is 0 Å². The zero-order valence-corrected chi connectivity index (χ0v) is 19.4. The number of nitrogens with one attached hydrogen (secondary N) is 2. The number of para-hydroxylation sites is 1. The fraction of sp³-hybridized carbons (Fsp3) is 0.304. The van der Waals surface area contributed by atoms with Gasteiger partial charge in [-0.05, 0) is 30.3 Å². The van der Waals surface area contributed by atoms with Crippen molar-refractivity contribution in [2.45, 2.75) is 4.90 Å². The van der Waals surface area contributed by atoms with Crippen LogP contribution in [0.3, 0.4) is 0 Å². The van der Waals surface area contributed by atoms with Gasteiger partial charge < -0.3 is 15.2 Å². The lowest BCUT2D eigenvalue weighted by molar-refractivity contribution is -0.117. The molecule has 1 aliphatic rings. The van der Waals surface area contributed by atoms with E-state index in [1.807, 2.05) is 35.2 Å². The van der Waals surface area contributed by atoms with Gasteiger partial charge in [0.15, 0.2) is 0 Å². The number of carbonyl (C=O) groups excluding carboxylic acids is 2. The van der Waals surface area contributed by atoms with Gasteiger partial charge in [0.1, 0.15) is 5.69 Å². The SMILES string of the molecule is CN(C)S(=O)(=O)c1cccc(NC(=O)CN2CCN(C(=O)c3cc4ccccc4[nH]3)CC2)c1. The minimum absolute atomic E-state index is 0.0470. The number of benzene rings is 2. The lowest BCUT2D eigenvalue weighted by atomic mass is 10.2. The molecule has 4 rings (SSSR count). The van der Waals surface area contributed by atoms with Crippen molar-refractivity contribution < 1.29 is 18.0 Å². The minimum Gasteiger partial charge on any atom is -0.351 e. The highest BCUT2D eigenvalue weighted by atomic mass is 32.2. The Balaban J connectivity index is 1.31. The second-order valence-corrected chi connectivity index (χ2v) is 10.4. The number of rotatable bonds is 6. The largest absolute Gasteiger partial charge is 0.351 e. The summed E-state index contributed by atoms with van der Waals surface area (Å²) in [4.78, 5) is 32.4. The van der Waals surface area contributed by atoms with Crippen LogP contribution in [0.15, 0.2) is 59.5 Å². The molecule has 1 saturated heterocycles. The standard InChI is InChI=1S/C23H27N5O4S/c1-26(2)33(31,32)19-8-5-7-18(15-19)24-22(29)16-27-10-12-28(13-11-27)23(30)21-14-17-6-3-4-9-20(17)25-21/h3-9,14-15,25H,10-13,16H2,1-2H3,(H,24,29). The van der Waals surface area contributed by atoms with E-state index in [1.54, 1.807) is 17.0 Å². The number of hydrogen-bond acceptors (Lipinski definition) is 5. The van der Waals surface area contributed by atoms with E-state index >= 15 is 0 Å². The van der Waals surface area contributed by atoms with Gasteiger partial charge >= 0.3 is 0 Å². The predicted octanol–water partition coefficient (Wildman–Crippen LogP) is 1.81. The van der Waals surface area contributed by atoms with Gasteiger partial charge in [-0.25, -0.2) is 12.7 Å². The highest BCUT2D eigenvalue weighted by Gasteiger charge is 2.24. The molecule has 0 spiro atoms. The zero-order chi connectivity index (χ0) is 23.6. The summed E-state index contributed by atoms with van der Waals surface area (Å²) in [5.74, 6) is -0.279. The van der Waals surface area contributed by atoms with Crippen LogP contribution in [-0.4, -0.2) is 86.1 Å². The summed E-state index contributed by atoms with van der Waals surface area (Å²) in [5, 5.41) is 3.76. The van der Waals surface area contributed by atoms with Crippen LogP contribution >= 0.6 is 0 Å². The van der Waals surface area contributed by atoms with Gasteiger partial charge in [0.05, 0.1) is 11.4 Å². The summed E-state index contributed by atoms with van der Waals surface area (Å²) in [6.07, 6.45) is 0. The molecular formula is C23H27N5O4S. The number of aromatic amines is 1. The fourth-order valence-corrected chi connectivity index (χ4v) is 4.76. The Kier molecular flexibility index (Phi) is 6.50. The molecule has 0 saturated carbocycles. The summed E-state index contributed by atoms with van der Waals surface area (Å²) >= 11 is 0. The quantitative estimate of drug-likeness (QED) is 0.573. The molecule has 33 heavy (non-hydrogen) atoms. The Hall–Kier alpha value is -3.21. The van der Waals surface area contributed by atoms with Crippen LogP contribution in [0.5, 0.6) is 0 Å². The molecule has 2 aromatic carbocycles. The van der Waals surface area contributed by atoms with Crippen LogP contribution in [0.2, 0.25) is 0 Å². The van der Waals surface area contributed by atoms with Gasteiger partial charge in [0, 0.05) is 56.9 Å². The van der Waals surface area contributed by atoms with E-state index in [9.17, 15) is 18.0 Å². The maximum absolute atomic E-state index is 12.8. The molecule has 0 bridgehead atoms. The molecule has 1 aromatic heterocycles. The van der Waals surface area contributed by atoms with E-state index in [-0.39, 0.29) is 23.3 Å². The molecule has 1 fully saturated rings. The molecular weight excluding hydrogens is 442 g/mol. The average molecular weight is 470 g/mol. The second-order valence-electron chi connectivity index (χ2n) is 8.20. The minimum atomic E-state index is -3.58. The van der Waals surface area contributed by atoms with E-state index in [0.29, 0.717) is 37.6 Å². The number of sulfonamides is 1. The van der Waals surface area contributed by atoms with Gasteiger partial charge in [-0.3, -0.25) is 14.5 Å². The molecule has 10 heteroatoms. The van der Waals surface area contributed by atoms with Crippen molar-refractivity contribution in [2.24, 2.45) is 0 Å².